The summed E-state index contributed by atoms with van der Waals surface area (Å²) in [5, 5.41) is 5.71. The van der Waals surface area contributed by atoms with Crippen molar-refractivity contribution in [1.82, 2.24) is 5.32 Å². The standard InChI is InChI=1S/C15H13ClN2O2S/c16-10-3-5-11(6-4-10)18-14(19)8-13(15(18)20)17-9-12-2-1-7-21-12/h1-7,13,17H,8-9H2/t13-/m1/s1. The zero-order valence-corrected chi connectivity index (χ0v) is 12.7. The lowest BCUT2D eigenvalue weighted by atomic mass is 10.2. The van der Waals surface area contributed by atoms with Crippen molar-refractivity contribution in [2.45, 2.75) is 19.0 Å². The average molecular weight is 321 g/mol. The molecule has 0 aliphatic carbocycles. The zero-order chi connectivity index (χ0) is 14.8. The Morgan fingerprint density at radius 3 is 2.67 bits per heavy atom. The summed E-state index contributed by atoms with van der Waals surface area (Å²) in [6.07, 6.45) is 0.187. The van der Waals surface area contributed by atoms with E-state index in [1.807, 2.05) is 17.5 Å². The number of hydrogen-bond acceptors (Lipinski definition) is 4. The molecule has 1 aliphatic heterocycles. The van der Waals surface area contributed by atoms with Gasteiger partial charge in [0, 0.05) is 16.4 Å². The van der Waals surface area contributed by atoms with Gasteiger partial charge in [0.25, 0.3) is 5.91 Å². The molecule has 0 saturated carbocycles. The molecule has 1 saturated heterocycles. The van der Waals surface area contributed by atoms with E-state index < -0.39 is 6.04 Å². The number of nitrogens with zero attached hydrogens (tertiary/aromatic N) is 1. The molecular weight excluding hydrogens is 308 g/mol. The van der Waals surface area contributed by atoms with E-state index in [1.165, 1.54) is 4.90 Å². The van der Waals surface area contributed by atoms with Crippen LogP contribution in [0.5, 0.6) is 0 Å². The van der Waals surface area contributed by atoms with Gasteiger partial charge in [-0.05, 0) is 35.7 Å². The van der Waals surface area contributed by atoms with E-state index in [0.29, 0.717) is 17.3 Å². The van der Waals surface area contributed by atoms with Gasteiger partial charge in [0.15, 0.2) is 0 Å². The molecule has 1 aromatic carbocycles. The van der Waals surface area contributed by atoms with Crippen LogP contribution in [0.4, 0.5) is 5.69 Å². The fraction of sp³-hybridized carbons (Fsp3) is 0.200. The number of nitrogens with one attached hydrogen (secondary N) is 1. The van der Waals surface area contributed by atoms with E-state index >= 15 is 0 Å². The van der Waals surface area contributed by atoms with Crippen molar-refractivity contribution in [3.8, 4) is 0 Å². The third-order valence-corrected chi connectivity index (χ3v) is 4.46. The molecule has 108 valence electrons. The molecule has 21 heavy (non-hydrogen) atoms. The van der Waals surface area contributed by atoms with Crippen LogP contribution in [0.2, 0.25) is 5.02 Å². The fourth-order valence-corrected chi connectivity index (χ4v) is 3.07. The van der Waals surface area contributed by atoms with Gasteiger partial charge in [-0.25, -0.2) is 4.90 Å². The monoisotopic (exact) mass is 320 g/mol. The fourth-order valence-electron chi connectivity index (χ4n) is 2.29. The van der Waals surface area contributed by atoms with Crippen molar-refractivity contribution in [2.75, 3.05) is 4.90 Å². The molecule has 1 atom stereocenters. The number of thiophene rings is 1. The molecular formula is C15H13ClN2O2S. The van der Waals surface area contributed by atoms with E-state index in [0.717, 1.165) is 4.88 Å². The number of carbonyl (C=O) groups is 2. The number of anilines is 1. The maximum Gasteiger partial charge on any atom is 0.251 e. The van der Waals surface area contributed by atoms with Gasteiger partial charge in [0.05, 0.1) is 18.2 Å². The van der Waals surface area contributed by atoms with Crippen LogP contribution in [0.25, 0.3) is 0 Å². The van der Waals surface area contributed by atoms with Crippen molar-refractivity contribution in [3.63, 3.8) is 0 Å². The Balaban J connectivity index is 1.71. The number of hydrogen-bond donors (Lipinski definition) is 1. The second-order valence-electron chi connectivity index (χ2n) is 4.76. The van der Waals surface area contributed by atoms with E-state index in [2.05, 4.69) is 5.32 Å². The Labute approximate surface area is 131 Å². The van der Waals surface area contributed by atoms with Crippen LogP contribution in [0, 0.1) is 0 Å². The van der Waals surface area contributed by atoms with E-state index in [1.54, 1.807) is 35.6 Å². The first-order valence-electron chi connectivity index (χ1n) is 6.53. The van der Waals surface area contributed by atoms with Gasteiger partial charge in [0.2, 0.25) is 5.91 Å². The molecule has 3 rings (SSSR count). The molecule has 2 heterocycles. The molecule has 2 aromatic rings. The van der Waals surface area contributed by atoms with Crippen molar-refractivity contribution in [2.24, 2.45) is 0 Å². The van der Waals surface area contributed by atoms with Crippen LogP contribution in [-0.4, -0.2) is 17.9 Å². The number of rotatable bonds is 4. The number of halogens is 1. The minimum Gasteiger partial charge on any atom is -0.300 e. The normalized spacial score (nSPS) is 18.5. The van der Waals surface area contributed by atoms with Gasteiger partial charge in [-0.1, -0.05) is 17.7 Å². The lowest BCUT2D eigenvalue weighted by molar-refractivity contribution is -0.121. The minimum atomic E-state index is -0.463. The molecule has 1 aliphatic rings. The van der Waals surface area contributed by atoms with Gasteiger partial charge in [-0.3, -0.25) is 9.59 Å². The van der Waals surface area contributed by atoms with Gasteiger partial charge >= 0.3 is 0 Å². The number of amides is 2. The third kappa shape index (κ3) is 3.00. The Hall–Kier alpha value is -1.69. The quantitative estimate of drug-likeness (QED) is 0.881. The first-order valence-corrected chi connectivity index (χ1v) is 7.79. The largest absolute Gasteiger partial charge is 0.300 e. The molecule has 2 amide bonds. The summed E-state index contributed by atoms with van der Waals surface area (Å²) >= 11 is 7.45. The van der Waals surface area contributed by atoms with Crippen LogP contribution in [0.3, 0.4) is 0 Å². The molecule has 1 aromatic heterocycles. The Bertz CT molecular complexity index is 655. The lowest BCUT2D eigenvalue weighted by Gasteiger charge is -2.15. The van der Waals surface area contributed by atoms with Gasteiger partial charge in [-0.2, -0.15) is 0 Å². The van der Waals surface area contributed by atoms with E-state index in [-0.39, 0.29) is 18.2 Å². The Morgan fingerprint density at radius 1 is 1.24 bits per heavy atom. The highest BCUT2D eigenvalue weighted by atomic mass is 35.5. The van der Waals surface area contributed by atoms with Crippen LogP contribution >= 0.6 is 22.9 Å². The average Bonchev–Trinajstić information content (AvgIpc) is 3.07. The van der Waals surface area contributed by atoms with Crippen LogP contribution in [0.15, 0.2) is 41.8 Å². The van der Waals surface area contributed by atoms with Gasteiger partial charge in [0.1, 0.15) is 0 Å². The number of imide groups is 1. The van der Waals surface area contributed by atoms with E-state index in [9.17, 15) is 9.59 Å². The molecule has 0 spiro atoms. The van der Waals surface area contributed by atoms with Crippen molar-refractivity contribution < 1.29 is 9.59 Å². The molecule has 6 heteroatoms. The lowest BCUT2D eigenvalue weighted by Crippen LogP contribution is -2.38. The predicted molar refractivity (Wildman–Crippen MR) is 83.5 cm³/mol. The number of benzene rings is 1. The maximum absolute atomic E-state index is 12.4. The zero-order valence-electron chi connectivity index (χ0n) is 11.1. The second kappa shape index (κ2) is 5.97. The smallest absolute Gasteiger partial charge is 0.251 e. The summed E-state index contributed by atoms with van der Waals surface area (Å²) < 4.78 is 0. The van der Waals surface area contributed by atoms with Gasteiger partial charge < -0.3 is 5.32 Å². The Kier molecular flexibility index (Phi) is 4.05. The summed E-state index contributed by atoms with van der Waals surface area (Å²) in [4.78, 5) is 26.8. The Morgan fingerprint density at radius 2 is 2.00 bits per heavy atom. The highest BCUT2D eigenvalue weighted by Gasteiger charge is 2.39. The second-order valence-corrected chi connectivity index (χ2v) is 6.23. The highest BCUT2D eigenvalue weighted by Crippen LogP contribution is 2.24. The molecule has 0 bridgehead atoms. The molecule has 1 N–H and O–H groups in total. The van der Waals surface area contributed by atoms with Crippen molar-refractivity contribution in [3.05, 3.63) is 51.7 Å². The maximum atomic E-state index is 12.4. The van der Waals surface area contributed by atoms with Crippen LogP contribution in [-0.2, 0) is 16.1 Å². The minimum absolute atomic E-state index is 0.187. The molecule has 4 nitrogen and oxygen atoms in total. The summed E-state index contributed by atoms with van der Waals surface area (Å²) in [5.41, 5.74) is 0.565. The first-order chi connectivity index (χ1) is 10.1. The molecule has 0 unspecified atom stereocenters. The predicted octanol–water partition coefficient (Wildman–Crippen LogP) is 2.82. The summed E-state index contributed by atoms with van der Waals surface area (Å²) in [6.45, 7) is 0.593. The van der Waals surface area contributed by atoms with Crippen LogP contribution < -0.4 is 10.2 Å². The molecule has 0 radical (unpaired) electrons. The molecule has 1 fully saturated rings. The van der Waals surface area contributed by atoms with Crippen molar-refractivity contribution >= 4 is 40.4 Å². The topological polar surface area (TPSA) is 49.4 Å². The number of carbonyl (C=O) groups excluding carboxylic acids is 2. The highest BCUT2D eigenvalue weighted by molar-refractivity contribution is 7.09. The summed E-state index contributed by atoms with van der Waals surface area (Å²) in [7, 11) is 0. The summed E-state index contributed by atoms with van der Waals surface area (Å²) in [5.74, 6) is -0.398. The third-order valence-electron chi connectivity index (χ3n) is 3.33. The van der Waals surface area contributed by atoms with Crippen molar-refractivity contribution in [1.29, 1.82) is 0 Å². The van der Waals surface area contributed by atoms with E-state index in [4.69, 9.17) is 11.6 Å². The first kappa shape index (κ1) is 14.3. The van der Waals surface area contributed by atoms with Crippen LogP contribution in [0.1, 0.15) is 11.3 Å². The van der Waals surface area contributed by atoms with Gasteiger partial charge in [-0.15, -0.1) is 11.3 Å². The summed E-state index contributed by atoms with van der Waals surface area (Å²) in [6, 6.07) is 10.2. The SMILES string of the molecule is O=C1C[C@@H](NCc2cccs2)C(=O)N1c1ccc(Cl)cc1.